The van der Waals surface area contributed by atoms with Gasteiger partial charge < -0.3 is 0 Å². The number of amides is 2. The summed E-state index contributed by atoms with van der Waals surface area (Å²) in [4.78, 5) is 25.4. The van der Waals surface area contributed by atoms with Crippen LogP contribution in [0.25, 0.3) is 6.08 Å². The fourth-order valence-electron chi connectivity index (χ4n) is 1.65. The maximum absolute atomic E-state index is 12.0. The molecule has 1 aliphatic heterocycles. The van der Waals surface area contributed by atoms with Crippen molar-refractivity contribution < 1.29 is 9.59 Å². The highest BCUT2D eigenvalue weighted by Crippen LogP contribution is 2.33. The van der Waals surface area contributed by atoms with Crippen molar-refractivity contribution in [2.24, 2.45) is 0 Å². The van der Waals surface area contributed by atoms with Gasteiger partial charge in [-0.15, -0.1) is 0 Å². The van der Waals surface area contributed by atoms with Gasteiger partial charge in [0.1, 0.15) is 0 Å². The van der Waals surface area contributed by atoms with Gasteiger partial charge in [0.2, 0.25) is 0 Å². The van der Waals surface area contributed by atoms with Crippen LogP contribution in [-0.4, -0.2) is 22.6 Å². The van der Waals surface area contributed by atoms with E-state index in [9.17, 15) is 9.59 Å². The van der Waals surface area contributed by atoms with Crippen molar-refractivity contribution >= 4 is 40.6 Å². The van der Waals surface area contributed by atoms with Crippen molar-refractivity contribution in [2.75, 3.05) is 6.54 Å². The van der Waals surface area contributed by atoms with Crippen LogP contribution in [0.4, 0.5) is 4.79 Å². The molecule has 94 valence electrons. The summed E-state index contributed by atoms with van der Waals surface area (Å²) in [6.07, 6.45) is 2.43. The molecule has 1 fully saturated rings. The predicted molar refractivity (Wildman–Crippen MR) is 74.4 cm³/mol. The van der Waals surface area contributed by atoms with Crippen LogP contribution in [-0.2, 0) is 4.79 Å². The van der Waals surface area contributed by atoms with Crippen molar-refractivity contribution in [3.63, 3.8) is 0 Å². The first-order valence-corrected chi connectivity index (χ1v) is 6.83. The zero-order valence-electron chi connectivity index (χ0n) is 9.85. The molecule has 0 unspecified atom stereocenters. The molecule has 1 heterocycles. The molecule has 0 saturated carbocycles. The van der Waals surface area contributed by atoms with Crippen molar-refractivity contribution in [1.29, 1.82) is 0 Å². The SMILES string of the molecule is CCCN1C(=O)S/C(=C/c2ccccc2Cl)C1=O. The number of imide groups is 1. The summed E-state index contributed by atoms with van der Waals surface area (Å²) < 4.78 is 0. The Morgan fingerprint density at radius 3 is 2.72 bits per heavy atom. The van der Waals surface area contributed by atoms with Crippen molar-refractivity contribution in [2.45, 2.75) is 13.3 Å². The van der Waals surface area contributed by atoms with Crippen LogP contribution in [0.2, 0.25) is 5.02 Å². The number of carbonyl (C=O) groups excluding carboxylic acids is 2. The third-order valence-corrected chi connectivity index (χ3v) is 3.76. The lowest BCUT2D eigenvalue weighted by molar-refractivity contribution is -0.122. The first-order valence-electron chi connectivity index (χ1n) is 5.63. The largest absolute Gasteiger partial charge is 0.293 e. The van der Waals surface area contributed by atoms with Gasteiger partial charge in [-0.05, 0) is 35.9 Å². The lowest BCUT2D eigenvalue weighted by Gasteiger charge is -2.09. The van der Waals surface area contributed by atoms with E-state index in [-0.39, 0.29) is 11.1 Å². The normalized spacial score (nSPS) is 17.9. The quantitative estimate of drug-likeness (QED) is 0.791. The smallest absolute Gasteiger partial charge is 0.268 e. The Balaban J connectivity index is 2.28. The Labute approximate surface area is 115 Å². The number of rotatable bonds is 3. The van der Waals surface area contributed by atoms with E-state index in [1.165, 1.54) is 4.90 Å². The van der Waals surface area contributed by atoms with E-state index in [2.05, 4.69) is 0 Å². The summed E-state index contributed by atoms with van der Waals surface area (Å²) in [5.41, 5.74) is 0.751. The van der Waals surface area contributed by atoms with Crippen LogP contribution in [0, 0.1) is 0 Å². The number of hydrogen-bond donors (Lipinski definition) is 0. The summed E-state index contributed by atoms with van der Waals surface area (Å²) in [6, 6.07) is 7.23. The van der Waals surface area contributed by atoms with Crippen LogP contribution >= 0.6 is 23.4 Å². The molecule has 0 N–H and O–H groups in total. The monoisotopic (exact) mass is 281 g/mol. The van der Waals surface area contributed by atoms with E-state index in [4.69, 9.17) is 11.6 Å². The third kappa shape index (κ3) is 2.60. The van der Waals surface area contributed by atoms with E-state index >= 15 is 0 Å². The topological polar surface area (TPSA) is 37.4 Å². The molecule has 0 aliphatic carbocycles. The maximum Gasteiger partial charge on any atom is 0.293 e. The molecule has 0 atom stereocenters. The highest BCUT2D eigenvalue weighted by Gasteiger charge is 2.34. The summed E-state index contributed by atoms with van der Waals surface area (Å²) in [5.74, 6) is -0.230. The number of thioether (sulfide) groups is 1. The predicted octanol–water partition coefficient (Wildman–Crippen LogP) is 3.79. The molecule has 0 radical (unpaired) electrons. The molecule has 2 rings (SSSR count). The molecule has 0 aromatic heterocycles. The first kappa shape index (κ1) is 13.2. The van der Waals surface area contributed by atoms with Crippen LogP contribution in [0.1, 0.15) is 18.9 Å². The molecule has 1 aliphatic rings. The molecule has 3 nitrogen and oxygen atoms in total. The second kappa shape index (κ2) is 5.59. The molecule has 1 aromatic rings. The molecule has 0 spiro atoms. The van der Waals surface area contributed by atoms with Crippen LogP contribution in [0.15, 0.2) is 29.2 Å². The second-order valence-corrected chi connectivity index (χ2v) is 5.26. The molecule has 0 bridgehead atoms. The first-order chi connectivity index (χ1) is 8.63. The Bertz CT molecular complexity index is 527. The number of carbonyl (C=O) groups is 2. The van der Waals surface area contributed by atoms with E-state index in [1.54, 1.807) is 12.1 Å². The minimum absolute atomic E-state index is 0.208. The Hall–Kier alpha value is -1.26. The fourth-order valence-corrected chi connectivity index (χ4v) is 2.70. The van der Waals surface area contributed by atoms with Crippen LogP contribution < -0.4 is 0 Å². The van der Waals surface area contributed by atoms with E-state index in [0.717, 1.165) is 23.7 Å². The van der Waals surface area contributed by atoms with Crippen molar-refractivity contribution in [3.05, 3.63) is 39.8 Å². The molecule has 1 aromatic carbocycles. The molecule has 5 heteroatoms. The molecular weight excluding hydrogens is 270 g/mol. The lowest BCUT2D eigenvalue weighted by Crippen LogP contribution is -2.28. The minimum Gasteiger partial charge on any atom is -0.268 e. The van der Waals surface area contributed by atoms with E-state index < -0.39 is 0 Å². The van der Waals surface area contributed by atoms with Gasteiger partial charge in [0.15, 0.2) is 0 Å². The summed E-state index contributed by atoms with van der Waals surface area (Å²) in [5, 5.41) is 0.361. The van der Waals surface area contributed by atoms with Gasteiger partial charge in [-0.1, -0.05) is 36.7 Å². The van der Waals surface area contributed by atoms with Crippen LogP contribution in [0.5, 0.6) is 0 Å². The number of benzene rings is 1. The average Bonchev–Trinajstić information content (AvgIpc) is 2.60. The number of halogens is 1. The molecule has 2 amide bonds. The van der Waals surface area contributed by atoms with Gasteiger partial charge in [0.25, 0.3) is 11.1 Å². The summed E-state index contributed by atoms with van der Waals surface area (Å²) in [7, 11) is 0. The van der Waals surface area contributed by atoms with Crippen molar-refractivity contribution in [1.82, 2.24) is 4.90 Å². The van der Waals surface area contributed by atoms with Crippen molar-refractivity contribution in [3.8, 4) is 0 Å². The van der Waals surface area contributed by atoms with Gasteiger partial charge in [-0.25, -0.2) is 0 Å². The Kier molecular flexibility index (Phi) is 4.09. The number of nitrogens with zero attached hydrogens (tertiary/aromatic N) is 1. The fraction of sp³-hybridized carbons (Fsp3) is 0.231. The zero-order valence-corrected chi connectivity index (χ0v) is 11.4. The van der Waals surface area contributed by atoms with Gasteiger partial charge in [-0.3, -0.25) is 14.5 Å². The van der Waals surface area contributed by atoms with E-state index in [1.807, 2.05) is 25.1 Å². The summed E-state index contributed by atoms with van der Waals surface area (Å²) >= 11 is 6.99. The second-order valence-electron chi connectivity index (χ2n) is 3.85. The van der Waals surface area contributed by atoms with Gasteiger partial charge >= 0.3 is 0 Å². The Morgan fingerprint density at radius 2 is 2.06 bits per heavy atom. The molecule has 18 heavy (non-hydrogen) atoms. The third-order valence-electron chi connectivity index (χ3n) is 2.51. The average molecular weight is 282 g/mol. The number of hydrogen-bond acceptors (Lipinski definition) is 3. The highest BCUT2D eigenvalue weighted by molar-refractivity contribution is 8.18. The summed E-state index contributed by atoms with van der Waals surface area (Å²) in [6.45, 7) is 2.39. The Morgan fingerprint density at radius 1 is 1.33 bits per heavy atom. The minimum atomic E-state index is -0.230. The van der Waals surface area contributed by atoms with Gasteiger partial charge in [-0.2, -0.15) is 0 Å². The molecular formula is C13H12ClNO2S. The zero-order chi connectivity index (χ0) is 13.1. The van der Waals surface area contributed by atoms with Gasteiger partial charge in [0, 0.05) is 11.6 Å². The maximum atomic E-state index is 12.0. The van der Waals surface area contributed by atoms with E-state index in [0.29, 0.717) is 16.5 Å². The van der Waals surface area contributed by atoms with Crippen LogP contribution in [0.3, 0.4) is 0 Å². The lowest BCUT2D eigenvalue weighted by atomic mass is 10.2. The molecule has 1 saturated heterocycles. The standard InChI is InChI=1S/C13H12ClNO2S/c1-2-7-15-12(16)11(18-13(15)17)8-9-5-3-4-6-10(9)14/h3-6,8H,2,7H2,1H3/b11-8+. The van der Waals surface area contributed by atoms with Gasteiger partial charge in [0.05, 0.1) is 4.91 Å². The highest BCUT2D eigenvalue weighted by atomic mass is 35.5.